The van der Waals surface area contributed by atoms with Crippen LogP contribution in [0.5, 0.6) is 5.75 Å². The molecule has 0 aliphatic heterocycles. The molecular formula is C14H14N2O3. The summed E-state index contributed by atoms with van der Waals surface area (Å²) in [4.78, 5) is 15.0. The zero-order chi connectivity index (χ0) is 13.8. The number of anilines is 2. The molecule has 0 radical (unpaired) electrons. The number of carbonyl (C=O) groups is 1. The fraction of sp³-hybridized carbons (Fsp3) is 0.143. The Morgan fingerprint density at radius 2 is 2.11 bits per heavy atom. The number of rotatable bonds is 4. The standard InChI is InChI=1S/C14H14N2O3/c1-9-7-11(19-2)3-4-12(9)16-13-8-10(14(17)18)5-6-15-13/h3-8H,1-2H3,(H,15,16)(H,17,18). The SMILES string of the molecule is COc1ccc(Nc2cc(C(=O)O)ccn2)c(C)c1. The molecule has 2 N–H and O–H groups in total. The molecule has 0 aliphatic carbocycles. The number of nitrogens with one attached hydrogen (secondary N) is 1. The van der Waals surface area contributed by atoms with Crippen molar-refractivity contribution in [1.29, 1.82) is 0 Å². The van der Waals surface area contributed by atoms with Gasteiger partial charge < -0.3 is 15.2 Å². The third-order valence-electron chi connectivity index (χ3n) is 2.70. The minimum atomic E-state index is -0.975. The van der Waals surface area contributed by atoms with E-state index < -0.39 is 5.97 Å². The summed E-state index contributed by atoms with van der Waals surface area (Å²) < 4.78 is 5.13. The van der Waals surface area contributed by atoms with Gasteiger partial charge in [0.1, 0.15) is 11.6 Å². The Labute approximate surface area is 110 Å². The average molecular weight is 258 g/mol. The van der Waals surface area contributed by atoms with Crippen LogP contribution in [0, 0.1) is 6.92 Å². The number of nitrogens with zero attached hydrogens (tertiary/aromatic N) is 1. The normalized spacial score (nSPS) is 10.0. The minimum absolute atomic E-state index is 0.198. The second-order valence-electron chi connectivity index (χ2n) is 4.04. The van der Waals surface area contributed by atoms with Gasteiger partial charge in [0.05, 0.1) is 12.7 Å². The number of aromatic nitrogens is 1. The summed E-state index contributed by atoms with van der Waals surface area (Å²) >= 11 is 0. The molecule has 0 saturated carbocycles. The van der Waals surface area contributed by atoms with E-state index in [1.807, 2.05) is 25.1 Å². The predicted octanol–water partition coefficient (Wildman–Crippen LogP) is 2.84. The van der Waals surface area contributed by atoms with Crippen LogP contribution in [0.2, 0.25) is 0 Å². The van der Waals surface area contributed by atoms with Crippen LogP contribution in [-0.4, -0.2) is 23.2 Å². The van der Waals surface area contributed by atoms with Crippen LogP contribution >= 0.6 is 0 Å². The van der Waals surface area contributed by atoms with Gasteiger partial charge in [-0.3, -0.25) is 0 Å². The van der Waals surface area contributed by atoms with Crippen LogP contribution in [0.15, 0.2) is 36.5 Å². The van der Waals surface area contributed by atoms with Crippen molar-refractivity contribution in [2.75, 3.05) is 12.4 Å². The van der Waals surface area contributed by atoms with Gasteiger partial charge in [-0.15, -0.1) is 0 Å². The van der Waals surface area contributed by atoms with Crippen molar-refractivity contribution in [3.8, 4) is 5.75 Å². The van der Waals surface area contributed by atoms with Crippen LogP contribution < -0.4 is 10.1 Å². The van der Waals surface area contributed by atoms with E-state index in [4.69, 9.17) is 9.84 Å². The summed E-state index contributed by atoms with van der Waals surface area (Å²) in [7, 11) is 1.61. The highest BCUT2D eigenvalue weighted by molar-refractivity contribution is 5.88. The topological polar surface area (TPSA) is 71.5 Å². The van der Waals surface area contributed by atoms with E-state index in [0.717, 1.165) is 17.0 Å². The molecule has 0 unspecified atom stereocenters. The first-order valence-electron chi connectivity index (χ1n) is 5.71. The molecule has 1 heterocycles. The third-order valence-corrected chi connectivity index (χ3v) is 2.70. The summed E-state index contributed by atoms with van der Waals surface area (Å²) in [5.74, 6) is 0.292. The van der Waals surface area contributed by atoms with Crippen molar-refractivity contribution in [2.45, 2.75) is 6.92 Å². The first-order valence-corrected chi connectivity index (χ1v) is 5.71. The largest absolute Gasteiger partial charge is 0.497 e. The van der Waals surface area contributed by atoms with Crippen LogP contribution in [-0.2, 0) is 0 Å². The molecule has 0 fully saturated rings. The molecule has 19 heavy (non-hydrogen) atoms. The van der Waals surface area contributed by atoms with E-state index in [-0.39, 0.29) is 5.56 Å². The van der Waals surface area contributed by atoms with Crippen LogP contribution in [0.1, 0.15) is 15.9 Å². The van der Waals surface area contributed by atoms with Crippen molar-refractivity contribution in [3.05, 3.63) is 47.7 Å². The van der Waals surface area contributed by atoms with Gasteiger partial charge in [-0.1, -0.05) is 0 Å². The number of hydrogen-bond donors (Lipinski definition) is 2. The highest BCUT2D eigenvalue weighted by atomic mass is 16.5. The Balaban J connectivity index is 2.26. The summed E-state index contributed by atoms with van der Waals surface area (Å²) in [5, 5.41) is 12.0. The summed E-state index contributed by atoms with van der Waals surface area (Å²) in [6, 6.07) is 8.53. The van der Waals surface area contributed by atoms with Gasteiger partial charge in [0.15, 0.2) is 0 Å². The van der Waals surface area contributed by atoms with Gasteiger partial charge in [-0.25, -0.2) is 9.78 Å². The molecule has 1 aromatic heterocycles. The third kappa shape index (κ3) is 3.01. The predicted molar refractivity (Wildman–Crippen MR) is 72.2 cm³/mol. The number of methoxy groups -OCH3 is 1. The summed E-state index contributed by atoms with van der Waals surface area (Å²) in [6.45, 7) is 1.94. The van der Waals surface area contributed by atoms with Crippen LogP contribution in [0.25, 0.3) is 0 Å². The molecule has 98 valence electrons. The summed E-state index contributed by atoms with van der Waals surface area (Å²) in [5.41, 5.74) is 2.04. The van der Waals surface area contributed by atoms with E-state index in [1.54, 1.807) is 7.11 Å². The van der Waals surface area contributed by atoms with Crippen molar-refractivity contribution in [2.24, 2.45) is 0 Å². The van der Waals surface area contributed by atoms with E-state index >= 15 is 0 Å². The fourth-order valence-corrected chi connectivity index (χ4v) is 1.67. The number of benzene rings is 1. The summed E-state index contributed by atoms with van der Waals surface area (Å²) in [6.07, 6.45) is 1.46. The molecule has 0 atom stereocenters. The second-order valence-corrected chi connectivity index (χ2v) is 4.04. The molecule has 0 saturated heterocycles. The lowest BCUT2D eigenvalue weighted by molar-refractivity contribution is 0.0697. The quantitative estimate of drug-likeness (QED) is 0.882. The number of carboxylic acids is 1. The zero-order valence-electron chi connectivity index (χ0n) is 10.7. The van der Waals surface area contributed by atoms with Gasteiger partial charge in [0.25, 0.3) is 0 Å². The number of carboxylic acid groups (broad SMARTS) is 1. The number of hydrogen-bond acceptors (Lipinski definition) is 4. The van der Waals surface area contributed by atoms with E-state index in [9.17, 15) is 4.79 Å². The Morgan fingerprint density at radius 1 is 1.32 bits per heavy atom. The molecule has 2 rings (SSSR count). The fourth-order valence-electron chi connectivity index (χ4n) is 1.67. The molecule has 0 amide bonds. The maximum atomic E-state index is 10.9. The van der Waals surface area contributed by atoms with Crippen LogP contribution in [0.3, 0.4) is 0 Å². The van der Waals surface area contributed by atoms with Gasteiger partial charge in [-0.05, 0) is 42.8 Å². The van der Waals surface area contributed by atoms with E-state index in [0.29, 0.717) is 5.82 Å². The monoisotopic (exact) mass is 258 g/mol. The smallest absolute Gasteiger partial charge is 0.335 e. The molecule has 0 bridgehead atoms. The van der Waals surface area contributed by atoms with Crippen molar-refractivity contribution in [1.82, 2.24) is 4.98 Å². The maximum absolute atomic E-state index is 10.9. The highest BCUT2D eigenvalue weighted by Crippen LogP contribution is 2.23. The first-order chi connectivity index (χ1) is 9.10. The van der Waals surface area contributed by atoms with Gasteiger partial charge in [0, 0.05) is 11.9 Å². The lowest BCUT2D eigenvalue weighted by Gasteiger charge is -2.10. The molecular weight excluding hydrogens is 244 g/mol. The molecule has 0 spiro atoms. The Hall–Kier alpha value is -2.56. The average Bonchev–Trinajstić information content (AvgIpc) is 2.41. The Bertz CT molecular complexity index is 611. The Kier molecular flexibility index (Phi) is 3.66. The molecule has 2 aromatic rings. The van der Waals surface area contributed by atoms with Crippen molar-refractivity contribution in [3.63, 3.8) is 0 Å². The van der Waals surface area contributed by atoms with Gasteiger partial charge in [0.2, 0.25) is 0 Å². The van der Waals surface area contributed by atoms with Crippen LogP contribution in [0.4, 0.5) is 11.5 Å². The molecule has 1 aromatic carbocycles. The van der Waals surface area contributed by atoms with Crippen molar-refractivity contribution < 1.29 is 14.6 Å². The number of ether oxygens (including phenoxy) is 1. The lowest BCUT2D eigenvalue weighted by atomic mass is 10.2. The highest BCUT2D eigenvalue weighted by Gasteiger charge is 2.06. The second kappa shape index (κ2) is 5.39. The lowest BCUT2D eigenvalue weighted by Crippen LogP contribution is -2.00. The molecule has 0 aliphatic rings. The first kappa shape index (κ1) is 12.9. The number of pyridine rings is 1. The zero-order valence-corrected chi connectivity index (χ0v) is 10.7. The maximum Gasteiger partial charge on any atom is 0.335 e. The van der Waals surface area contributed by atoms with Gasteiger partial charge in [-0.2, -0.15) is 0 Å². The van der Waals surface area contributed by atoms with Crippen molar-refractivity contribution >= 4 is 17.5 Å². The van der Waals surface area contributed by atoms with E-state index in [2.05, 4.69) is 10.3 Å². The molecule has 5 nitrogen and oxygen atoms in total. The number of aryl methyl sites for hydroxylation is 1. The van der Waals surface area contributed by atoms with E-state index in [1.165, 1.54) is 18.3 Å². The molecule has 5 heteroatoms. The Morgan fingerprint density at radius 3 is 2.74 bits per heavy atom. The number of aromatic carboxylic acids is 1. The minimum Gasteiger partial charge on any atom is -0.497 e. The van der Waals surface area contributed by atoms with Gasteiger partial charge >= 0.3 is 5.97 Å².